The van der Waals surface area contributed by atoms with E-state index in [1.54, 1.807) is 12.1 Å². The molecule has 0 aliphatic carbocycles. The van der Waals surface area contributed by atoms with Crippen LogP contribution in [0.3, 0.4) is 0 Å². The van der Waals surface area contributed by atoms with Crippen LogP contribution in [-0.2, 0) is 0 Å². The van der Waals surface area contributed by atoms with Crippen molar-refractivity contribution in [2.24, 2.45) is 0 Å². The highest BCUT2D eigenvalue weighted by molar-refractivity contribution is 5.42. The van der Waals surface area contributed by atoms with Crippen LogP contribution in [0.15, 0.2) is 12.1 Å². The fourth-order valence-corrected chi connectivity index (χ4v) is 0.916. The summed E-state index contributed by atoms with van der Waals surface area (Å²) in [5.74, 6) is 0.541. The van der Waals surface area contributed by atoms with Gasteiger partial charge in [0.2, 0.25) is 0 Å². The van der Waals surface area contributed by atoms with Crippen LogP contribution in [0.4, 0.5) is 10.2 Å². The highest BCUT2D eigenvalue weighted by atomic mass is 19.1. The second kappa shape index (κ2) is 4.41. The van der Waals surface area contributed by atoms with Gasteiger partial charge in [0.1, 0.15) is 24.3 Å². The number of pyridine rings is 1. The van der Waals surface area contributed by atoms with E-state index in [9.17, 15) is 4.39 Å². The quantitative estimate of drug-likeness (QED) is 0.767. The van der Waals surface area contributed by atoms with E-state index in [0.29, 0.717) is 11.5 Å². The van der Waals surface area contributed by atoms with Gasteiger partial charge in [-0.3, -0.25) is 0 Å². The summed E-state index contributed by atoms with van der Waals surface area (Å²) in [5, 5.41) is 11.4. The Morgan fingerprint density at radius 2 is 2.38 bits per heavy atom. The first-order valence-corrected chi connectivity index (χ1v) is 3.95. The number of nitrogens with zero attached hydrogens (tertiary/aromatic N) is 2. The predicted octanol–water partition coefficient (Wildman–Crippen LogP) is 1.64. The topological polar surface area (TPSA) is 48.7 Å². The second-order valence-electron chi connectivity index (χ2n) is 2.59. The molecule has 4 heteroatoms. The predicted molar refractivity (Wildman–Crippen MR) is 48.2 cm³/mol. The molecule has 0 aliphatic heterocycles. The molecule has 0 aliphatic rings. The molecule has 0 radical (unpaired) electrons. The minimum Gasteiger partial charge on any atom is -0.367 e. The van der Waals surface area contributed by atoms with Crippen molar-refractivity contribution in [2.45, 2.75) is 6.92 Å². The lowest BCUT2D eigenvalue weighted by Crippen LogP contribution is -2.05. The van der Waals surface area contributed by atoms with Gasteiger partial charge < -0.3 is 5.32 Å². The summed E-state index contributed by atoms with van der Waals surface area (Å²) in [6, 6.07) is 5.48. The maximum Gasteiger partial charge on any atom is 0.145 e. The third kappa shape index (κ3) is 2.41. The Balaban J connectivity index is 2.82. The average Bonchev–Trinajstić information content (AvgIpc) is 2.16. The Morgan fingerprint density at radius 1 is 1.62 bits per heavy atom. The van der Waals surface area contributed by atoms with Crippen LogP contribution < -0.4 is 5.32 Å². The summed E-state index contributed by atoms with van der Waals surface area (Å²) in [6.45, 7) is 1.59. The number of halogens is 1. The van der Waals surface area contributed by atoms with Gasteiger partial charge >= 0.3 is 0 Å². The molecule has 0 fully saturated rings. The number of nitriles is 1. The largest absolute Gasteiger partial charge is 0.367 e. The molecule has 1 aromatic heterocycles. The van der Waals surface area contributed by atoms with Gasteiger partial charge in [0, 0.05) is 6.54 Å². The first-order valence-electron chi connectivity index (χ1n) is 3.95. The molecule has 0 saturated carbocycles. The van der Waals surface area contributed by atoms with Crippen LogP contribution in [0, 0.1) is 18.3 Å². The van der Waals surface area contributed by atoms with Crippen LogP contribution in [0.5, 0.6) is 0 Å². The van der Waals surface area contributed by atoms with Gasteiger partial charge in [-0.1, -0.05) is 6.07 Å². The van der Waals surface area contributed by atoms with Crippen molar-refractivity contribution < 1.29 is 4.39 Å². The standard InChI is InChI=1S/C9H10FN3/c1-7-2-3-9(12-5-4-10)13-8(7)6-11/h2-3H,4-5H2,1H3,(H,12,13). The van der Waals surface area contributed by atoms with Crippen LogP contribution in [-0.4, -0.2) is 18.2 Å². The molecule has 0 amide bonds. The molecule has 1 aromatic rings. The van der Waals surface area contributed by atoms with Gasteiger partial charge in [-0.25, -0.2) is 9.37 Å². The summed E-state index contributed by atoms with van der Waals surface area (Å²) >= 11 is 0. The fraction of sp³-hybridized carbons (Fsp3) is 0.333. The van der Waals surface area contributed by atoms with E-state index in [1.807, 2.05) is 13.0 Å². The van der Waals surface area contributed by atoms with Crippen molar-refractivity contribution in [3.8, 4) is 6.07 Å². The molecule has 1 rings (SSSR count). The second-order valence-corrected chi connectivity index (χ2v) is 2.59. The van der Waals surface area contributed by atoms with Gasteiger partial charge in [0.15, 0.2) is 0 Å². The molecule has 0 unspecified atom stereocenters. The zero-order chi connectivity index (χ0) is 9.68. The first-order chi connectivity index (χ1) is 6.27. The van der Waals surface area contributed by atoms with E-state index >= 15 is 0 Å². The third-order valence-electron chi connectivity index (χ3n) is 1.60. The number of anilines is 1. The van der Waals surface area contributed by atoms with Crippen molar-refractivity contribution in [3.63, 3.8) is 0 Å². The van der Waals surface area contributed by atoms with E-state index in [4.69, 9.17) is 5.26 Å². The summed E-state index contributed by atoms with van der Waals surface area (Å²) in [7, 11) is 0. The van der Waals surface area contributed by atoms with Gasteiger partial charge in [-0.15, -0.1) is 0 Å². The van der Waals surface area contributed by atoms with E-state index in [-0.39, 0.29) is 6.54 Å². The van der Waals surface area contributed by atoms with Crippen molar-refractivity contribution in [1.82, 2.24) is 4.98 Å². The van der Waals surface area contributed by atoms with Gasteiger partial charge in [0.05, 0.1) is 0 Å². The Kier molecular flexibility index (Phi) is 3.21. The van der Waals surface area contributed by atoms with Crippen molar-refractivity contribution in [3.05, 3.63) is 23.4 Å². The molecule has 1 heterocycles. The number of rotatable bonds is 3. The lowest BCUT2D eigenvalue weighted by molar-refractivity contribution is 0.512. The maximum absolute atomic E-state index is 11.8. The molecule has 0 atom stereocenters. The van der Waals surface area contributed by atoms with E-state index < -0.39 is 6.67 Å². The molecule has 0 bridgehead atoms. The maximum atomic E-state index is 11.8. The molecular weight excluding hydrogens is 169 g/mol. The van der Waals surface area contributed by atoms with Crippen LogP contribution in [0.1, 0.15) is 11.3 Å². The number of nitrogens with one attached hydrogen (secondary N) is 1. The average molecular weight is 179 g/mol. The molecule has 0 saturated heterocycles. The van der Waals surface area contributed by atoms with Crippen LogP contribution >= 0.6 is 0 Å². The Bertz CT molecular complexity index is 330. The van der Waals surface area contributed by atoms with Gasteiger partial charge in [-0.2, -0.15) is 5.26 Å². The highest BCUT2D eigenvalue weighted by Gasteiger charge is 1.99. The van der Waals surface area contributed by atoms with Crippen molar-refractivity contribution in [1.29, 1.82) is 5.26 Å². The molecular formula is C9H10FN3. The van der Waals surface area contributed by atoms with E-state index in [0.717, 1.165) is 5.56 Å². The Labute approximate surface area is 76.2 Å². The number of hydrogen-bond acceptors (Lipinski definition) is 3. The Hall–Kier alpha value is -1.63. The summed E-state index contributed by atoms with van der Waals surface area (Å²) in [4.78, 5) is 3.99. The number of alkyl halides is 1. The monoisotopic (exact) mass is 179 g/mol. The molecule has 13 heavy (non-hydrogen) atoms. The molecule has 0 aromatic carbocycles. The Morgan fingerprint density at radius 3 is 3.00 bits per heavy atom. The molecule has 68 valence electrons. The zero-order valence-electron chi connectivity index (χ0n) is 7.34. The number of aromatic nitrogens is 1. The fourth-order valence-electron chi connectivity index (χ4n) is 0.916. The van der Waals surface area contributed by atoms with Crippen LogP contribution in [0.2, 0.25) is 0 Å². The minimum absolute atomic E-state index is 0.223. The molecule has 3 nitrogen and oxygen atoms in total. The summed E-state index contributed by atoms with van der Waals surface area (Å²) in [6.07, 6.45) is 0. The SMILES string of the molecule is Cc1ccc(NCCF)nc1C#N. The molecule has 0 spiro atoms. The zero-order valence-corrected chi connectivity index (χ0v) is 7.34. The summed E-state index contributed by atoms with van der Waals surface area (Å²) < 4.78 is 11.8. The number of hydrogen-bond donors (Lipinski definition) is 1. The third-order valence-corrected chi connectivity index (χ3v) is 1.60. The smallest absolute Gasteiger partial charge is 0.145 e. The first kappa shape index (κ1) is 9.46. The minimum atomic E-state index is -0.447. The summed E-state index contributed by atoms with van der Waals surface area (Å²) in [5.41, 5.74) is 1.21. The van der Waals surface area contributed by atoms with Crippen molar-refractivity contribution >= 4 is 5.82 Å². The van der Waals surface area contributed by atoms with E-state index in [1.165, 1.54) is 0 Å². The van der Waals surface area contributed by atoms with Crippen molar-refractivity contribution in [2.75, 3.05) is 18.5 Å². The highest BCUT2D eigenvalue weighted by Crippen LogP contribution is 2.08. The lowest BCUT2D eigenvalue weighted by atomic mass is 10.2. The van der Waals surface area contributed by atoms with E-state index in [2.05, 4.69) is 10.3 Å². The van der Waals surface area contributed by atoms with Gasteiger partial charge in [0.25, 0.3) is 0 Å². The normalized spacial score (nSPS) is 9.31. The van der Waals surface area contributed by atoms with Gasteiger partial charge in [-0.05, 0) is 18.6 Å². The lowest BCUT2D eigenvalue weighted by Gasteiger charge is -2.03. The molecule has 1 N–H and O–H groups in total. The number of aryl methyl sites for hydroxylation is 1. The van der Waals surface area contributed by atoms with Crippen LogP contribution in [0.25, 0.3) is 0 Å².